The predicted octanol–water partition coefficient (Wildman–Crippen LogP) is 2.91. The minimum Gasteiger partial charge on any atom is -0.379 e. The van der Waals surface area contributed by atoms with E-state index in [2.05, 4.69) is 71.2 Å². The normalized spacial score (nSPS) is 23.7. The van der Waals surface area contributed by atoms with Crippen LogP contribution in [0.4, 0.5) is 0 Å². The molecule has 3 rings (SSSR count). The number of benzene rings is 1. The average molecular weight is 504 g/mol. The Hall–Kier alpha value is -0.510. The molecule has 0 spiro atoms. The van der Waals surface area contributed by atoms with E-state index in [-0.39, 0.29) is 29.5 Å². The third-order valence-corrected chi connectivity index (χ3v) is 6.48. The number of aliphatic imine (C=N–C) groups is 1. The molecule has 0 aromatic heterocycles. The summed E-state index contributed by atoms with van der Waals surface area (Å²) in [5.74, 6) is 3.42. The van der Waals surface area contributed by atoms with Gasteiger partial charge in [-0.05, 0) is 24.7 Å². The zero-order valence-electron chi connectivity index (χ0n) is 16.5. The molecule has 0 saturated carbocycles. The summed E-state index contributed by atoms with van der Waals surface area (Å²) < 4.78 is 5.57. The first-order chi connectivity index (χ1) is 12.7. The van der Waals surface area contributed by atoms with Crippen molar-refractivity contribution in [3.05, 3.63) is 35.9 Å². The molecule has 0 radical (unpaired) electrons. The standard InChI is InChI=1S/C20H32N4OS.HI/c1-3-21-19(23(2)15-18-7-5-4-6-8-18)22-16-20(9-14-26-17-20)24-10-12-25-13-11-24;/h4-8H,3,9-17H2,1-2H3,(H,21,22);1H. The zero-order valence-corrected chi connectivity index (χ0v) is 19.7. The van der Waals surface area contributed by atoms with Crippen molar-refractivity contribution in [2.45, 2.75) is 25.4 Å². The molecule has 2 saturated heterocycles. The summed E-state index contributed by atoms with van der Waals surface area (Å²) in [6.07, 6.45) is 1.23. The van der Waals surface area contributed by atoms with Crippen molar-refractivity contribution < 1.29 is 4.74 Å². The molecule has 27 heavy (non-hydrogen) atoms. The number of halogens is 1. The number of morpholine rings is 1. The van der Waals surface area contributed by atoms with E-state index < -0.39 is 0 Å². The van der Waals surface area contributed by atoms with Gasteiger partial charge in [-0.1, -0.05) is 30.3 Å². The summed E-state index contributed by atoms with van der Waals surface area (Å²) in [5, 5.41) is 3.47. The zero-order chi connectivity index (χ0) is 18.2. The topological polar surface area (TPSA) is 40.1 Å². The van der Waals surface area contributed by atoms with E-state index in [9.17, 15) is 0 Å². The van der Waals surface area contributed by atoms with Crippen molar-refractivity contribution in [1.82, 2.24) is 15.1 Å². The lowest BCUT2D eigenvalue weighted by molar-refractivity contribution is -0.0105. The molecule has 2 aliphatic rings. The number of hydrogen-bond acceptors (Lipinski definition) is 4. The van der Waals surface area contributed by atoms with Gasteiger partial charge in [-0.2, -0.15) is 11.8 Å². The van der Waals surface area contributed by atoms with Crippen LogP contribution < -0.4 is 5.32 Å². The van der Waals surface area contributed by atoms with Crippen LogP contribution in [-0.2, 0) is 11.3 Å². The van der Waals surface area contributed by atoms with Gasteiger partial charge in [0.25, 0.3) is 0 Å². The lowest BCUT2D eigenvalue weighted by atomic mass is 9.96. The molecule has 1 N–H and O–H groups in total. The van der Waals surface area contributed by atoms with Crippen molar-refractivity contribution in [2.75, 3.05) is 57.9 Å². The Morgan fingerprint density at radius 1 is 1.30 bits per heavy atom. The molecule has 0 amide bonds. The van der Waals surface area contributed by atoms with Gasteiger partial charge in [-0.25, -0.2) is 0 Å². The summed E-state index contributed by atoms with van der Waals surface area (Å²) in [7, 11) is 2.12. The van der Waals surface area contributed by atoms with Gasteiger partial charge in [0.2, 0.25) is 0 Å². The Morgan fingerprint density at radius 3 is 2.67 bits per heavy atom. The number of nitrogens with zero attached hydrogens (tertiary/aromatic N) is 3. The fourth-order valence-corrected chi connectivity index (χ4v) is 5.20. The summed E-state index contributed by atoms with van der Waals surface area (Å²) >= 11 is 2.06. The van der Waals surface area contributed by atoms with E-state index in [0.29, 0.717) is 0 Å². The Morgan fingerprint density at radius 2 is 2.04 bits per heavy atom. The van der Waals surface area contributed by atoms with E-state index in [0.717, 1.165) is 51.9 Å². The smallest absolute Gasteiger partial charge is 0.194 e. The number of nitrogens with one attached hydrogen (secondary N) is 1. The molecule has 152 valence electrons. The van der Waals surface area contributed by atoms with Crippen molar-refractivity contribution in [1.29, 1.82) is 0 Å². The third-order valence-electron chi connectivity index (χ3n) is 5.25. The molecule has 0 bridgehead atoms. The number of ether oxygens (including phenoxy) is 1. The van der Waals surface area contributed by atoms with Gasteiger partial charge in [0, 0.05) is 39.0 Å². The average Bonchev–Trinajstić information content (AvgIpc) is 3.17. The Kier molecular flexibility index (Phi) is 9.69. The summed E-state index contributed by atoms with van der Waals surface area (Å²) in [6, 6.07) is 10.6. The molecule has 2 aliphatic heterocycles. The van der Waals surface area contributed by atoms with E-state index in [1.807, 2.05) is 0 Å². The maximum absolute atomic E-state index is 5.57. The van der Waals surface area contributed by atoms with Crippen LogP contribution in [0.3, 0.4) is 0 Å². The van der Waals surface area contributed by atoms with Crippen LogP contribution in [0.5, 0.6) is 0 Å². The first-order valence-corrected chi connectivity index (χ1v) is 10.8. The second-order valence-electron chi connectivity index (χ2n) is 7.14. The van der Waals surface area contributed by atoms with Crippen molar-refractivity contribution in [3.63, 3.8) is 0 Å². The van der Waals surface area contributed by atoms with E-state index in [4.69, 9.17) is 9.73 Å². The van der Waals surface area contributed by atoms with Gasteiger partial charge in [-0.15, -0.1) is 24.0 Å². The first kappa shape index (κ1) is 22.8. The van der Waals surface area contributed by atoms with Gasteiger partial charge < -0.3 is 15.0 Å². The molecule has 5 nitrogen and oxygen atoms in total. The lowest BCUT2D eigenvalue weighted by Gasteiger charge is -2.42. The summed E-state index contributed by atoms with van der Waals surface area (Å²) in [5.41, 5.74) is 1.50. The molecule has 1 aromatic carbocycles. The Bertz CT molecular complexity index is 575. The fourth-order valence-electron chi connectivity index (χ4n) is 3.73. The van der Waals surface area contributed by atoms with Crippen molar-refractivity contribution >= 4 is 41.7 Å². The third kappa shape index (κ3) is 6.24. The van der Waals surface area contributed by atoms with Crippen LogP contribution >= 0.6 is 35.7 Å². The van der Waals surface area contributed by atoms with Crippen LogP contribution in [0.1, 0.15) is 18.9 Å². The highest BCUT2D eigenvalue weighted by Crippen LogP contribution is 2.34. The largest absolute Gasteiger partial charge is 0.379 e. The van der Waals surface area contributed by atoms with E-state index in [1.165, 1.54) is 23.5 Å². The van der Waals surface area contributed by atoms with Crippen LogP contribution in [0.15, 0.2) is 35.3 Å². The van der Waals surface area contributed by atoms with E-state index in [1.54, 1.807) is 0 Å². The summed E-state index contributed by atoms with van der Waals surface area (Å²) in [6.45, 7) is 8.52. The molecule has 1 unspecified atom stereocenters. The van der Waals surface area contributed by atoms with E-state index >= 15 is 0 Å². The molecule has 0 aliphatic carbocycles. The highest BCUT2D eigenvalue weighted by Gasteiger charge is 2.40. The maximum atomic E-state index is 5.57. The first-order valence-electron chi connectivity index (χ1n) is 9.67. The van der Waals surface area contributed by atoms with Crippen LogP contribution in [0.25, 0.3) is 0 Å². The summed E-state index contributed by atoms with van der Waals surface area (Å²) in [4.78, 5) is 9.93. The van der Waals surface area contributed by atoms with Crippen LogP contribution in [0.2, 0.25) is 0 Å². The molecular formula is C20H33IN4OS. The molecular weight excluding hydrogens is 471 g/mol. The van der Waals surface area contributed by atoms with Gasteiger partial charge in [0.1, 0.15) is 0 Å². The highest BCUT2D eigenvalue weighted by atomic mass is 127. The molecule has 2 fully saturated rings. The van der Waals surface area contributed by atoms with Gasteiger partial charge in [0.15, 0.2) is 5.96 Å². The number of rotatable bonds is 6. The van der Waals surface area contributed by atoms with Crippen molar-refractivity contribution in [2.24, 2.45) is 4.99 Å². The Labute approximate surface area is 185 Å². The molecule has 2 heterocycles. The monoisotopic (exact) mass is 504 g/mol. The minimum atomic E-state index is 0. The second kappa shape index (κ2) is 11.5. The highest BCUT2D eigenvalue weighted by molar-refractivity contribution is 14.0. The molecule has 1 aromatic rings. The SMILES string of the molecule is CCNC(=NCC1(N2CCOCC2)CCSC1)N(C)Cc1ccccc1.I. The minimum absolute atomic E-state index is 0. The second-order valence-corrected chi connectivity index (χ2v) is 8.24. The number of hydrogen-bond donors (Lipinski definition) is 1. The number of thioether (sulfide) groups is 1. The van der Waals surface area contributed by atoms with Gasteiger partial charge in [0.05, 0.1) is 25.3 Å². The predicted molar refractivity (Wildman–Crippen MR) is 126 cm³/mol. The van der Waals surface area contributed by atoms with Crippen molar-refractivity contribution in [3.8, 4) is 0 Å². The lowest BCUT2D eigenvalue weighted by Crippen LogP contribution is -2.56. The Balaban J connectivity index is 0.00000261. The fraction of sp³-hybridized carbons (Fsp3) is 0.650. The van der Waals surface area contributed by atoms with Gasteiger partial charge >= 0.3 is 0 Å². The van der Waals surface area contributed by atoms with Gasteiger partial charge in [-0.3, -0.25) is 9.89 Å². The van der Waals surface area contributed by atoms with Crippen LogP contribution in [0, 0.1) is 0 Å². The quantitative estimate of drug-likeness (QED) is 0.367. The molecule has 7 heteroatoms. The van der Waals surface area contributed by atoms with Crippen LogP contribution in [-0.4, -0.2) is 79.2 Å². The number of guanidine groups is 1. The molecule has 1 atom stereocenters. The maximum Gasteiger partial charge on any atom is 0.194 e.